The third-order valence-electron chi connectivity index (χ3n) is 5.92. The quantitative estimate of drug-likeness (QED) is 0.767. The first-order valence-electron chi connectivity index (χ1n) is 7.12. The van der Waals surface area contributed by atoms with Crippen molar-refractivity contribution in [3.05, 3.63) is 0 Å². The molecule has 5 atom stereocenters. The van der Waals surface area contributed by atoms with Gasteiger partial charge in [-0.1, -0.05) is 27.2 Å². The molecule has 0 spiro atoms. The van der Waals surface area contributed by atoms with Crippen LogP contribution in [0.5, 0.6) is 0 Å². The Hall–Kier alpha value is -0.370. The molecule has 0 aromatic heterocycles. The van der Waals surface area contributed by atoms with Gasteiger partial charge in [0.2, 0.25) is 0 Å². The summed E-state index contributed by atoms with van der Waals surface area (Å²) in [6.45, 7) is 6.54. The summed E-state index contributed by atoms with van der Waals surface area (Å²) < 4.78 is 0. The van der Waals surface area contributed by atoms with Crippen molar-refractivity contribution in [1.29, 1.82) is 0 Å². The lowest BCUT2D eigenvalue weighted by Gasteiger charge is -2.47. The topological polar surface area (TPSA) is 37.3 Å². The summed E-state index contributed by atoms with van der Waals surface area (Å²) in [5.74, 6) is 0.879. The van der Waals surface area contributed by atoms with Gasteiger partial charge < -0.3 is 9.90 Å². The molecule has 2 aliphatic carbocycles. The molecule has 17 heavy (non-hydrogen) atoms. The number of aliphatic hydroxyl groups excluding tert-OH is 1. The average Bonchev–Trinajstić information content (AvgIpc) is 2.67. The monoisotopic (exact) mass is 238 g/mol. The lowest BCUT2D eigenvalue weighted by atomic mass is 9.57. The van der Waals surface area contributed by atoms with Gasteiger partial charge in [0.25, 0.3) is 0 Å². The lowest BCUT2D eigenvalue weighted by molar-refractivity contribution is -0.123. The number of aldehydes is 1. The average molecular weight is 238 g/mol. The van der Waals surface area contributed by atoms with E-state index in [-0.39, 0.29) is 16.9 Å². The Kier molecular flexibility index (Phi) is 3.37. The molecule has 2 heteroatoms. The number of rotatable bonds is 3. The molecule has 2 aliphatic rings. The molecule has 0 aliphatic heterocycles. The standard InChI is InChI=1S/C15H26O2/c1-4-14(2,10-16)13-8-7-11-12(17)6-5-9-15(11,13)3/h10-13,17H,4-9H2,1-3H3/t11-,12-,13+,14?,15-/m0/s1. The fourth-order valence-corrected chi connectivity index (χ4v) is 4.64. The van der Waals surface area contributed by atoms with Gasteiger partial charge in [-0.15, -0.1) is 0 Å². The van der Waals surface area contributed by atoms with Crippen molar-refractivity contribution in [3.63, 3.8) is 0 Å². The summed E-state index contributed by atoms with van der Waals surface area (Å²) >= 11 is 0. The smallest absolute Gasteiger partial charge is 0.126 e. The first-order chi connectivity index (χ1) is 7.98. The molecule has 2 rings (SSSR count). The van der Waals surface area contributed by atoms with Gasteiger partial charge in [-0.2, -0.15) is 0 Å². The fourth-order valence-electron chi connectivity index (χ4n) is 4.64. The highest BCUT2D eigenvalue weighted by Gasteiger charge is 2.55. The van der Waals surface area contributed by atoms with Crippen LogP contribution in [0.3, 0.4) is 0 Å². The van der Waals surface area contributed by atoms with Gasteiger partial charge in [0.15, 0.2) is 0 Å². The molecule has 2 nitrogen and oxygen atoms in total. The molecule has 0 aromatic carbocycles. The van der Waals surface area contributed by atoms with Crippen LogP contribution in [0.25, 0.3) is 0 Å². The van der Waals surface area contributed by atoms with Crippen LogP contribution in [0.15, 0.2) is 0 Å². The first kappa shape index (κ1) is 13.1. The summed E-state index contributed by atoms with van der Waals surface area (Å²) in [5, 5.41) is 10.2. The van der Waals surface area contributed by atoms with E-state index in [1.807, 2.05) is 0 Å². The number of hydrogen-bond acceptors (Lipinski definition) is 2. The third kappa shape index (κ3) is 1.85. The Labute approximate surface area is 105 Å². The second-order valence-electron chi connectivity index (χ2n) is 6.68. The Morgan fingerprint density at radius 3 is 2.71 bits per heavy atom. The van der Waals surface area contributed by atoms with E-state index < -0.39 is 0 Å². The molecule has 0 saturated heterocycles. The van der Waals surface area contributed by atoms with Gasteiger partial charge in [-0.3, -0.25) is 0 Å². The van der Waals surface area contributed by atoms with Gasteiger partial charge in [0.1, 0.15) is 6.29 Å². The van der Waals surface area contributed by atoms with Crippen LogP contribution in [-0.2, 0) is 4.79 Å². The first-order valence-corrected chi connectivity index (χ1v) is 7.12. The minimum absolute atomic E-state index is 0.133. The number of carbonyl (C=O) groups is 1. The molecule has 2 fully saturated rings. The lowest BCUT2D eigenvalue weighted by Crippen LogP contribution is -2.45. The van der Waals surface area contributed by atoms with Crippen LogP contribution in [0, 0.1) is 22.7 Å². The molecule has 0 heterocycles. The molecule has 1 unspecified atom stereocenters. The van der Waals surface area contributed by atoms with Crippen molar-refractivity contribution in [2.75, 3.05) is 0 Å². The Bertz CT molecular complexity index is 301. The molecule has 2 saturated carbocycles. The second-order valence-corrected chi connectivity index (χ2v) is 6.68. The molecule has 1 N–H and O–H groups in total. The summed E-state index contributed by atoms with van der Waals surface area (Å²) in [7, 11) is 0. The van der Waals surface area contributed by atoms with Crippen molar-refractivity contribution in [2.45, 2.75) is 65.4 Å². The highest BCUT2D eigenvalue weighted by Crippen LogP contribution is 2.60. The van der Waals surface area contributed by atoms with Gasteiger partial charge in [-0.05, 0) is 49.4 Å². The van der Waals surface area contributed by atoms with Crippen molar-refractivity contribution >= 4 is 6.29 Å². The molecule has 0 radical (unpaired) electrons. The predicted molar refractivity (Wildman–Crippen MR) is 68.6 cm³/mol. The SMILES string of the molecule is CCC(C)(C=O)[C@H]1CC[C@H]2[C@@H](O)CCC[C@]12C. The van der Waals surface area contributed by atoms with Crippen molar-refractivity contribution in [1.82, 2.24) is 0 Å². The fraction of sp³-hybridized carbons (Fsp3) is 0.933. The Balaban J connectivity index is 2.29. The van der Waals surface area contributed by atoms with E-state index in [1.165, 1.54) is 12.7 Å². The molecular formula is C15H26O2. The second kappa shape index (κ2) is 4.38. The zero-order valence-electron chi connectivity index (χ0n) is 11.4. The van der Waals surface area contributed by atoms with Gasteiger partial charge in [0, 0.05) is 5.41 Å². The van der Waals surface area contributed by atoms with Crippen LogP contribution >= 0.6 is 0 Å². The van der Waals surface area contributed by atoms with Crippen molar-refractivity contribution < 1.29 is 9.90 Å². The maximum Gasteiger partial charge on any atom is 0.126 e. The van der Waals surface area contributed by atoms with Crippen LogP contribution in [-0.4, -0.2) is 17.5 Å². The molecule has 0 amide bonds. The van der Waals surface area contributed by atoms with Crippen LogP contribution < -0.4 is 0 Å². The highest BCUT2D eigenvalue weighted by molar-refractivity contribution is 5.59. The largest absolute Gasteiger partial charge is 0.393 e. The Morgan fingerprint density at radius 2 is 2.12 bits per heavy atom. The van der Waals surface area contributed by atoms with E-state index in [9.17, 15) is 9.90 Å². The molecule has 98 valence electrons. The number of fused-ring (bicyclic) bond motifs is 1. The van der Waals surface area contributed by atoms with Gasteiger partial charge in [0.05, 0.1) is 6.10 Å². The third-order valence-corrected chi connectivity index (χ3v) is 5.92. The normalized spacial score (nSPS) is 45.1. The van der Waals surface area contributed by atoms with Crippen LogP contribution in [0.4, 0.5) is 0 Å². The summed E-state index contributed by atoms with van der Waals surface area (Å²) in [4.78, 5) is 11.5. The van der Waals surface area contributed by atoms with Crippen molar-refractivity contribution in [3.8, 4) is 0 Å². The Morgan fingerprint density at radius 1 is 1.41 bits per heavy atom. The van der Waals surface area contributed by atoms with Crippen LogP contribution in [0.2, 0.25) is 0 Å². The number of carbonyl (C=O) groups excluding carboxylic acids is 1. The zero-order chi connectivity index (χ0) is 12.7. The van der Waals surface area contributed by atoms with E-state index in [4.69, 9.17) is 0 Å². The molecule has 0 aromatic rings. The van der Waals surface area contributed by atoms with Crippen molar-refractivity contribution in [2.24, 2.45) is 22.7 Å². The summed E-state index contributed by atoms with van der Waals surface area (Å²) in [6.07, 6.45) is 7.42. The highest BCUT2D eigenvalue weighted by atomic mass is 16.3. The van der Waals surface area contributed by atoms with Crippen LogP contribution in [0.1, 0.15) is 59.3 Å². The predicted octanol–water partition coefficient (Wildman–Crippen LogP) is 3.18. The maximum atomic E-state index is 11.5. The zero-order valence-corrected chi connectivity index (χ0v) is 11.4. The minimum atomic E-state index is -0.194. The van der Waals surface area contributed by atoms with E-state index in [0.29, 0.717) is 11.8 Å². The molecular weight excluding hydrogens is 212 g/mol. The van der Waals surface area contributed by atoms with E-state index in [2.05, 4.69) is 20.8 Å². The van der Waals surface area contributed by atoms with E-state index >= 15 is 0 Å². The number of aliphatic hydroxyl groups is 1. The van der Waals surface area contributed by atoms with Gasteiger partial charge in [-0.25, -0.2) is 0 Å². The summed E-state index contributed by atoms with van der Waals surface area (Å²) in [6, 6.07) is 0. The van der Waals surface area contributed by atoms with Gasteiger partial charge >= 0.3 is 0 Å². The number of hydrogen-bond donors (Lipinski definition) is 1. The summed E-state index contributed by atoms with van der Waals surface area (Å²) in [5.41, 5.74) is -0.0100. The van der Waals surface area contributed by atoms with E-state index in [0.717, 1.165) is 32.1 Å². The minimum Gasteiger partial charge on any atom is -0.393 e. The molecule has 0 bridgehead atoms. The maximum absolute atomic E-state index is 11.5. The van der Waals surface area contributed by atoms with E-state index in [1.54, 1.807) is 0 Å².